The van der Waals surface area contributed by atoms with Gasteiger partial charge in [-0.1, -0.05) is 291 Å². The van der Waals surface area contributed by atoms with E-state index in [1.165, 1.54) is 141 Å². The Balaban J connectivity index is 5.16. The molecule has 510 valence electrons. The van der Waals surface area contributed by atoms with Crippen LogP contribution in [-0.4, -0.2) is 96.7 Å². The van der Waals surface area contributed by atoms with Crippen LogP contribution >= 0.6 is 15.6 Å². The van der Waals surface area contributed by atoms with Gasteiger partial charge in [0.05, 0.1) is 26.4 Å². The number of hydrogen-bond donors (Lipinski definition) is 3. The molecule has 3 N–H and O–H groups in total. The van der Waals surface area contributed by atoms with Gasteiger partial charge in [-0.2, -0.15) is 0 Å². The summed E-state index contributed by atoms with van der Waals surface area (Å²) in [6.07, 6.45) is 46.1. The van der Waals surface area contributed by atoms with Crippen LogP contribution in [0.2, 0.25) is 0 Å². The molecule has 0 aliphatic heterocycles. The van der Waals surface area contributed by atoms with Crippen LogP contribution in [0, 0.1) is 5.92 Å². The molecule has 2 unspecified atom stereocenters. The SMILES string of the molecule is CCCCCCCCCCCCCCCCCCCC(=O)O[C@H](COC(=O)CCCCCCCCCCCCCCC(C)C)COP(=O)(O)OC[C@@H](O)COP(=O)(O)OC[C@@H](COC(=O)CCCCCCCCC)OC(=O)CCCCCCCCC. The van der Waals surface area contributed by atoms with E-state index in [9.17, 15) is 43.2 Å². The summed E-state index contributed by atoms with van der Waals surface area (Å²) in [5, 5.41) is 10.5. The number of carbonyl (C=O) groups is 4. The molecule has 0 aromatic carbocycles. The van der Waals surface area contributed by atoms with E-state index in [-0.39, 0.29) is 25.7 Å². The van der Waals surface area contributed by atoms with Gasteiger partial charge in [-0.25, -0.2) is 9.13 Å². The maximum atomic E-state index is 13.0. The molecule has 0 aliphatic rings. The zero-order valence-electron chi connectivity index (χ0n) is 55.4. The standard InChI is InChI=1S/C67H130O17P2/c1-6-9-12-15-18-19-20-21-22-23-24-25-30-33-38-43-48-53-67(72)84-63(57-78-65(70)51-46-41-37-32-29-27-26-28-31-36-39-44-49-60(4)5)59-82-86(75,76)80-55-61(68)54-79-85(73,74)81-58-62(83-66(71)52-47-42-35-17-14-11-8-3)56-77-64(69)50-45-40-34-16-13-10-7-2/h60-63,68H,6-59H2,1-5H3,(H,73,74)(H,75,76)/t61-,62+,63+/m0/s1. The van der Waals surface area contributed by atoms with E-state index in [0.29, 0.717) is 25.7 Å². The van der Waals surface area contributed by atoms with Gasteiger partial charge in [-0.15, -0.1) is 0 Å². The summed E-state index contributed by atoms with van der Waals surface area (Å²) in [4.78, 5) is 72.1. The molecule has 17 nitrogen and oxygen atoms in total. The van der Waals surface area contributed by atoms with Crippen LogP contribution in [0.4, 0.5) is 0 Å². The Labute approximate surface area is 524 Å². The van der Waals surface area contributed by atoms with Crippen molar-refractivity contribution < 1.29 is 80.2 Å². The second-order valence-electron chi connectivity index (χ2n) is 24.7. The van der Waals surface area contributed by atoms with Gasteiger partial charge in [0, 0.05) is 25.7 Å². The summed E-state index contributed by atoms with van der Waals surface area (Å²) < 4.78 is 67.9. The maximum absolute atomic E-state index is 13.0. The highest BCUT2D eigenvalue weighted by Crippen LogP contribution is 2.45. The Bertz CT molecular complexity index is 1670. The third kappa shape index (κ3) is 60.9. The van der Waals surface area contributed by atoms with Gasteiger partial charge in [0.15, 0.2) is 12.2 Å². The van der Waals surface area contributed by atoms with E-state index < -0.39 is 97.5 Å². The Hall–Kier alpha value is -1.94. The number of phosphoric acid groups is 2. The Morgan fingerprint density at radius 1 is 0.314 bits per heavy atom. The molecule has 0 saturated heterocycles. The molecule has 5 atom stereocenters. The van der Waals surface area contributed by atoms with Crippen molar-refractivity contribution >= 4 is 39.5 Å². The van der Waals surface area contributed by atoms with Gasteiger partial charge in [-0.05, 0) is 31.6 Å². The van der Waals surface area contributed by atoms with Crippen molar-refractivity contribution in [2.24, 2.45) is 5.92 Å². The van der Waals surface area contributed by atoms with Crippen molar-refractivity contribution in [1.29, 1.82) is 0 Å². The second kappa shape index (κ2) is 60.6. The highest BCUT2D eigenvalue weighted by molar-refractivity contribution is 7.47. The molecule has 0 saturated carbocycles. The van der Waals surface area contributed by atoms with Gasteiger partial charge in [0.2, 0.25) is 0 Å². The summed E-state index contributed by atoms with van der Waals surface area (Å²) in [5.74, 6) is -1.35. The lowest BCUT2D eigenvalue weighted by molar-refractivity contribution is -0.161. The average molecular weight is 1270 g/mol. The van der Waals surface area contributed by atoms with Crippen LogP contribution < -0.4 is 0 Å². The summed E-state index contributed by atoms with van der Waals surface area (Å²) in [6.45, 7) is 7.15. The average Bonchev–Trinajstić information content (AvgIpc) is 3.65. The Kier molecular flexibility index (Phi) is 59.2. The Morgan fingerprint density at radius 2 is 0.535 bits per heavy atom. The summed E-state index contributed by atoms with van der Waals surface area (Å²) in [6, 6.07) is 0. The lowest BCUT2D eigenvalue weighted by Gasteiger charge is -2.21. The number of carbonyl (C=O) groups excluding carboxylic acids is 4. The quantitative estimate of drug-likeness (QED) is 0.0222. The number of unbranched alkanes of at least 4 members (excludes halogenated alkanes) is 39. The fraction of sp³-hybridized carbons (Fsp3) is 0.940. The van der Waals surface area contributed by atoms with Crippen LogP contribution in [0.15, 0.2) is 0 Å². The highest BCUT2D eigenvalue weighted by Gasteiger charge is 2.30. The normalized spacial score (nSPS) is 14.2. The first-order chi connectivity index (χ1) is 41.5. The van der Waals surface area contributed by atoms with Crippen molar-refractivity contribution in [1.82, 2.24) is 0 Å². The fourth-order valence-electron chi connectivity index (χ4n) is 10.1. The van der Waals surface area contributed by atoms with E-state index in [1.807, 2.05) is 0 Å². The monoisotopic (exact) mass is 1270 g/mol. The predicted molar refractivity (Wildman–Crippen MR) is 345 cm³/mol. The van der Waals surface area contributed by atoms with Gasteiger partial charge < -0.3 is 33.8 Å². The number of phosphoric ester groups is 2. The van der Waals surface area contributed by atoms with Crippen molar-refractivity contribution in [3.63, 3.8) is 0 Å². The van der Waals surface area contributed by atoms with Gasteiger partial charge in [0.1, 0.15) is 19.3 Å². The first kappa shape index (κ1) is 84.1. The molecule has 0 radical (unpaired) electrons. The summed E-state index contributed by atoms with van der Waals surface area (Å²) >= 11 is 0. The minimum absolute atomic E-state index is 0.104. The number of aliphatic hydroxyl groups is 1. The lowest BCUT2D eigenvalue weighted by atomic mass is 10.0. The molecule has 19 heteroatoms. The predicted octanol–water partition coefficient (Wildman–Crippen LogP) is 19.0. The van der Waals surface area contributed by atoms with Crippen LogP contribution in [0.3, 0.4) is 0 Å². The molecule has 86 heavy (non-hydrogen) atoms. The second-order valence-corrected chi connectivity index (χ2v) is 27.6. The molecular weight excluding hydrogens is 1140 g/mol. The third-order valence-corrected chi connectivity index (χ3v) is 17.4. The minimum Gasteiger partial charge on any atom is -0.462 e. The van der Waals surface area contributed by atoms with Crippen LogP contribution in [-0.2, 0) is 65.4 Å². The summed E-state index contributed by atoms with van der Waals surface area (Å²) in [5.41, 5.74) is 0. The van der Waals surface area contributed by atoms with Crippen molar-refractivity contribution in [2.75, 3.05) is 39.6 Å². The molecule has 0 bridgehead atoms. The largest absolute Gasteiger partial charge is 0.472 e. The maximum Gasteiger partial charge on any atom is 0.472 e. The molecule has 0 aliphatic carbocycles. The molecule has 0 rings (SSSR count). The van der Waals surface area contributed by atoms with E-state index in [2.05, 4.69) is 34.6 Å². The van der Waals surface area contributed by atoms with Gasteiger partial charge in [-0.3, -0.25) is 37.3 Å². The van der Waals surface area contributed by atoms with E-state index in [4.69, 9.17) is 37.0 Å². The minimum atomic E-state index is -4.95. The number of esters is 4. The van der Waals surface area contributed by atoms with Crippen molar-refractivity contribution in [3.8, 4) is 0 Å². The van der Waals surface area contributed by atoms with E-state index >= 15 is 0 Å². The fourth-order valence-corrected chi connectivity index (χ4v) is 11.7. The molecule has 0 fully saturated rings. The lowest BCUT2D eigenvalue weighted by Crippen LogP contribution is -2.30. The van der Waals surface area contributed by atoms with Gasteiger partial charge >= 0.3 is 39.5 Å². The van der Waals surface area contributed by atoms with Gasteiger partial charge in [0.25, 0.3) is 0 Å². The number of ether oxygens (including phenoxy) is 4. The molecule has 0 aromatic rings. The van der Waals surface area contributed by atoms with Crippen LogP contribution in [0.25, 0.3) is 0 Å². The molecule has 0 spiro atoms. The molecule has 0 amide bonds. The molecular formula is C67H130O17P2. The van der Waals surface area contributed by atoms with E-state index in [0.717, 1.165) is 121 Å². The topological polar surface area (TPSA) is 237 Å². The zero-order valence-corrected chi connectivity index (χ0v) is 57.2. The first-order valence-electron chi connectivity index (χ1n) is 35.1. The first-order valence-corrected chi connectivity index (χ1v) is 38.1. The Morgan fingerprint density at radius 3 is 0.791 bits per heavy atom. The molecule has 0 aromatic heterocycles. The zero-order chi connectivity index (χ0) is 63.5. The highest BCUT2D eigenvalue weighted by atomic mass is 31.2. The third-order valence-electron chi connectivity index (χ3n) is 15.5. The van der Waals surface area contributed by atoms with Crippen molar-refractivity contribution in [2.45, 2.75) is 361 Å². The van der Waals surface area contributed by atoms with E-state index in [1.54, 1.807) is 0 Å². The van der Waals surface area contributed by atoms with Crippen LogP contribution in [0.1, 0.15) is 343 Å². The number of rotatable bonds is 67. The van der Waals surface area contributed by atoms with Crippen LogP contribution in [0.5, 0.6) is 0 Å². The smallest absolute Gasteiger partial charge is 0.462 e. The molecule has 0 heterocycles. The number of hydrogen-bond acceptors (Lipinski definition) is 15. The van der Waals surface area contributed by atoms with Crippen molar-refractivity contribution in [3.05, 3.63) is 0 Å². The number of aliphatic hydroxyl groups excluding tert-OH is 1. The summed E-state index contributed by atoms with van der Waals surface area (Å²) in [7, 11) is -9.88.